The minimum Gasteiger partial charge on any atom is -0.356 e. The van der Waals surface area contributed by atoms with Gasteiger partial charge >= 0.3 is 0 Å². The molecule has 1 atom stereocenters. The van der Waals surface area contributed by atoms with E-state index in [9.17, 15) is 4.79 Å². The lowest BCUT2D eigenvalue weighted by molar-refractivity contribution is 0.0730. The van der Waals surface area contributed by atoms with Crippen LogP contribution in [0.3, 0.4) is 0 Å². The molecule has 94 valence electrons. The molecule has 2 aromatic heterocycles. The highest BCUT2D eigenvalue weighted by molar-refractivity contribution is 7.07. The number of thiophene rings is 1. The Morgan fingerprint density at radius 2 is 2.44 bits per heavy atom. The van der Waals surface area contributed by atoms with E-state index in [0.717, 1.165) is 19.4 Å². The maximum atomic E-state index is 12.4. The highest BCUT2D eigenvalue weighted by Gasteiger charge is 2.31. The van der Waals surface area contributed by atoms with Gasteiger partial charge in [0.1, 0.15) is 5.69 Å². The van der Waals surface area contributed by atoms with Gasteiger partial charge in [-0.3, -0.25) is 4.79 Å². The van der Waals surface area contributed by atoms with Crippen molar-refractivity contribution in [1.29, 1.82) is 0 Å². The third kappa shape index (κ3) is 2.06. The fourth-order valence-corrected chi connectivity index (χ4v) is 3.34. The molecule has 0 spiro atoms. The minimum atomic E-state index is 0.0376. The van der Waals surface area contributed by atoms with E-state index in [2.05, 4.69) is 21.8 Å². The first-order valence-corrected chi connectivity index (χ1v) is 7.25. The lowest BCUT2D eigenvalue weighted by Gasteiger charge is -2.23. The van der Waals surface area contributed by atoms with Crippen LogP contribution in [0.25, 0.3) is 0 Å². The number of aromatic amines is 1. The van der Waals surface area contributed by atoms with Gasteiger partial charge in [-0.1, -0.05) is 11.6 Å². The number of nitrogens with one attached hydrogen (secondary N) is 1. The zero-order chi connectivity index (χ0) is 12.5. The summed E-state index contributed by atoms with van der Waals surface area (Å²) in [5, 5.41) is 4.75. The monoisotopic (exact) mass is 280 g/mol. The van der Waals surface area contributed by atoms with E-state index in [1.54, 1.807) is 23.6 Å². The number of H-pyrrole nitrogens is 1. The Kier molecular flexibility index (Phi) is 3.14. The Hall–Kier alpha value is -1.26. The molecule has 1 fully saturated rings. The molecule has 1 aliphatic rings. The molecule has 0 aromatic carbocycles. The van der Waals surface area contributed by atoms with Crippen molar-refractivity contribution in [2.24, 2.45) is 0 Å². The summed E-state index contributed by atoms with van der Waals surface area (Å²) in [6.07, 6.45) is 3.74. The number of halogens is 1. The fraction of sp³-hybridized carbons (Fsp3) is 0.308. The average molecular weight is 281 g/mol. The normalized spacial score (nSPS) is 19.4. The van der Waals surface area contributed by atoms with E-state index in [4.69, 9.17) is 11.6 Å². The zero-order valence-electron chi connectivity index (χ0n) is 9.73. The summed E-state index contributed by atoms with van der Waals surface area (Å²) in [6.45, 7) is 0.815. The number of hydrogen-bond acceptors (Lipinski definition) is 2. The molecule has 0 saturated carbocycles. The summed E-state index contributed by atoms with van der Waals surface area (Å²) < 4.78 is 0. The van der Waals surface area contributed by atoms with Crippen molar-refractivity contribution in [2.75, 3.05) is 6.54 Å². The SMILES string of the molecule is O=C(c1cc(Cl)c[nH]1)N1CCCC1c1ccsc1. The second-order valence-electron chi connectivity index (χ2n) is 4.44. The van der Waals surface area contributed by atoms with E-state index < -0.39 is 0 Å². The summed E-state index contributed by atoms with van der Waals surface area (Å²) in [7, 11) is 0. The zero-order valence-corrected chi connectivity index (χ0v) is 11.3. The van der Waals surface area contributed by atoms with Gasteiger partial charge in [-0.15, -0.1) is 0 Å². The third-order valence-electron chi connectivity index (χ3n) is 3.32. The first-order valence-electron chi connectivity index (χ1n) is 5.92. The van der Waals surface area contributed by atoms with Crippen LogP contribution < -0.4 is 0 Å². The Labute approximate surface area is 114 Å². The number of rotatable bonds is 2. The molecule has 18 heavy (non-hydrogen) atoms. The molecule has 0 radical (unpaired) electrons. The van der Waals surface area contributed by atoms with Crippen LogP contribution >= 0.6 is 22.9 Å². The quantitative estimate of drug-likeness (QED) is 0.894. The van der Waals surface area contributed by atoms with Gasteiger partial charge in [-0.05, 0) is 41.3 Å². The standard InChI is InChI=1S/C13H13ClN2OS/c14-10-6-11(15-7-10)13(17)16-4-1-2-12(16)9-3-5-18-8-9/h3,5-8,12,15H,1-2,4H2. The predicted molar refractivity (Wildman–Crippen MR) is 73.1 cm³/mol. The molecule has 0 aliphatic carbocycles. The molecule has 2 aromatic rings. The maximum absolute atomic E-state index is 12.4. The Bertz CT molecular complexity index is 549. The van der Waals surface area contributed by atoms with E-state index in [1.165, 1.54) is 5.56 Å². The summed E-state index contributed by atoms with van der Waals surface area (Å²) in [5.74, 6) is 0.0376. The van der Waals surface area contributed by atoms with Gasteiger partial charge in [-0.2, -0.15) is 11.3 Å². The van der Waals surface area contributed by atoms with E-state index in [0.29, 0.717) is 10.7 Å². The number of carbonyl (C=O) groups is 1. The molecule has 3 nitrogen and oxygen atoms in total. The van der Waals surface area contributed by atoms with Crippen LogP contribution in [0.15, 0.2) is 29.1 Å². The number of likely N-dealkylation sites (tertiary alicyclic amines) is 1. The number of amides is 1. The largest absolute Gasteiger partial charge is 0.356 e. The van der Waals surface area contributed by atoms with Crippen LogP contribution in [-0.2, 0) is 0 Å². The summed E-state index contributed by atoms with van der Waals surface area (Å²) in [5.41, 5.74) is 1.81. The maximum Gasteiger partial charge on any atom is 0.270 e. The molecule has 1 aliphatic heterocycles. The molecule has 1 N–H and O–H groups in total. The van der Waals surface area contributed by atoms with Gasteiger partial charge in [0.2, 0.25) is 0 Å². The topological polar surface area (TPSA) is 36.1 Å². The second-order valence-corrected chi connectivity index (χ2v) is 5.66. The first-order chi connectivity index (χ1) is 8.75. The van der Waals surface area contributed by atoms with Crippen LogP contribution in [0.1, 0.15) is 34.9 Å². The number of hydrogen-bond donors (Lipinski definition) is 1. The van der Waals surface area contributed by atoms with Crippen molar-refractivity contribution in [1.82, 2.24) is 9.88 Å². The molecule has 1 unspecified atom stereocenters. The minimum absolute atomic E-state index is 0.0376. The molecular weight excluding hydrogens is 268 g/mol. The first kappa shape index (κ1) is 11.8. The van der Waals surface area contributed by atoms with E-state index >= 15 is 0 Å². The van der Waals surface area contributed by atoms with Crippen LogP contribution in [-0.4, -0.2) is 22.3 Å². The van der Waals surface area contributed by atoms with E-state index in [-0.39, 0.29) is 11.9 Å². The highest BCUT2D eigenvalue weighted by atomic mass is 35.5. The van der Waals surface area contributed by atoms with Gasteiger partial charge in [-0.25, -0.2) is 0 Å². The third-order valence-corrected chi connectivity index (χ3v) is 4.24. The van der Waals surface area contributed by atoms with Crippen LogP contribution in [0, 0.1) is 0 Å². The van der Waals surface area contributed by atoms with Crippen molar-refractivity contribution in [3.05, 3.63) is 45.4 Å². The molecule has 1 amide bonds. The Morgan fingerprint density at radius 3 is 3.11 bits per heavy atom. The number of nitrogens with zero attached hydrogens (tertiary/aromatic N) is 1. The number of carbonyl (C=O) groups excluding carboxylic acids is 1. The van der Waals surface area contributed by atoms with Crippen LogP contribution in [0.4, 0.5) is 0 Å². The lowest BCUT2D eigenvalue weighted by atomic mass is 10.1. The molecular formula is C13H13ClN2OS. The highest BCUT2D eigenvalue weighted by Crippen LogP contribution is 2.34. The Balaban J connectivity index is 1.85. The number of aromatic nitrogens is 1. The van der Waals surface area contributed by atoms with Crippen molar-refractivity contribution >= 4 is 28.8 Å². The van der Waals surface area contributed by atoms with Gasteiger partial charge in [0, 0.05) is 12.7 Å². The molecule has 5 heteroatoms. The van der Waals surface area contributed by atoms with Gasteiger partial charge in [0.05, 0.1) is 11.1 Å². The van der Waals surface area contributed by atoms with Crippen molar-refractivity contribution < 1.29 is 4.79 Å². The van der Waals surface area contributed by atoms with Gasteiger partial charge < -0.3 is 9.88 Å². The second kappa shape index (κ2) is 4.78. The lowest BCUT2D eigenvalue weighted by Crippen LogP contribution is -2.30. The average Bonchev–Trinajstić information content (AvgIpc) is 3.08. The van der Waals surface area contributed by atoms with Gasteiger partial charge in [0.15, 0.2) is 0 Å². The Morgan fingerprint density at radius 1 is 1.56 bits per heavy atom. The predicted octanol–water partition coefficient (Wildman–Crippen LogP) is 3.71. The summed E-state index contributed by atoms with van der Waals surface area (Å²) >= 11 is 7.52. The van der Waals surface area contributed by atoms with Crippen LogP contribution in [0.5, 0.6) is 0 Å². The summed E-state index contributed by atoms with van der Waals surface area (Å²) in [4.78, 5) is 17.3. The van der Waals surface area contributed by atoms with Gasteiger partial charge in [0.25, 0.3) is 5.91 Å². The van der Waals surface area contributed by atoms with Crippen molar-refractivity contribution in [3.63, 3.8) is 0 Å². The molecule has 0 bridgehead atoms. The van der Waals surface area contributed by atoms with Crippen molar-refractivity contribution in [2.45, 2.75) is 18.9 Å². The smallest absolute Gasteiger partial charge is 0.270 e. The fourth-order valence-electron chi connectivity index (χ4n) is 2.47. The van der Waals surface area contributed by atoms with Crippen molar-refractivity contribution in [3.8, 4) is 0 Å². The van der Waals surface area contributed by atoms with Crippen LogP contribution in [0.2, 0.25) is 5.02 Å². The summed E-state index contributed by atoms with van der Waals surface area (Å²) in [6, 6.07) is 4.00. The molecule has 3 heterocycles. The molecule has 1 saturated heterocycles. The van der Waals surface area contributed by atoms with E-state index in [1.807, 2.05) is 4.90 Å². The molecule has 3 rings (SSSR count).